The van der Waals surface area contributed by atoms with Gasteiger partial charge in [-0.25, -0.2) is 9.97 Å². The molecule has 1 aliphatic heterocycles. The first kappa shape index (κ1) is 20.1. The predicted molar refractivity (Wildman–Crippen MR) is 117 cm³/mol. The van der Waals surface area contributed by atoms with Crippen LogP contribution in [0.15, 0.2) is 41.9 Å². The monoisotopic (exact) mass is 421 g/mol. The molecule has 3 heterocycles. The number of hydrogen-bond acceptors (Lipinski definition) is 8. The minimum absolute atomic E-state index is 0.645. The van der Waals surface area contributed by atoms with Gasteiger partial charge in [0.25, 0.3) is 0 Å². The van der Waals surface area contributed by atoms with E-state index in [0.29, 0.717) is 5.56 Å². The summed E-state index contributed by atoms with van der Waals surface area (Å²) in [5.41, 5.74) is 2.68. The van der Waals surface area contributed by atoms with Crippen molar-refractivity contribution in [1.29, 1.82) is 5.26 Å². The maximum atomic E-state index is 9.09. The molecule has 0 radical (unpaired) electrons. The van der Waals surface area contributed by atoms with E-state index in [0.717, 1.165) is 66.3 Å². The van der Waals surface area contributed by atoms with E-state index in [1.165, 1.54) is 0 Å². The smallest absolute Gasteiger partial charge is 0.132 e. The zero-order chi connectivity index (χ0) is 20.9. The van der Waals surface area contributed by atoms with E-state index in [1.54, 1.807) is 37.8 Å². The summed E-state index contributed by atoms with van der Waals surface area (Å²) in [7, 11) is 3.30. The molecule has 1 saturated heterocycles. The first-order valence-electron chi connectivity index (χ1n) is 9.70. The highest BCUT2D eigenvalue weighted by Gasteiger charge is 2.20. The summed E-state index contributed by atoms with van der Waals surface area (Å²) in [6.45, 7) is 4.43. The van der Waals surface area contributed by atoms with Crippen LogP contribution in [-0.4, -0.2) is 55.3 Å². The van der Waals surface area contributed by atoms with Gasteiger partial charge in [-0.3, -0.25) is 4.90 Å². The lowest BCUT2D eigenvalue weighted by Gasteiger charge is -2.35. The van der Waals surface area contributed by atoms with E-state index in [4.69, 9.17) is 19.7 Å². The average Bonchev–Trinajstić information content (AvgIpc) is 3.27. The fourth-order valence-electron chi connectivity index (χ4n) is 3.50. The number of nitrogens with zero attached hydrogens (tertiary/aromatic N) is 5. The second-order valence-corrected chi connectivity index (χ2v) is 7.85. The molecule has 0 bridgehead atoms. The lowest BCUT2D eigenvalue weighted by Crippen LogP contribution is -2.46. The lowest BCUT2D eigenvalue weighted by molar-refractivity contribution is 0.247. The Kier molecular flexibility index (Phi) is 6.12. The predicted octanol–water partition coefficient (Wildman–Crippen LogP) is 3.42. The Balaban J connectivity index is 1.39. The molecule has 154 valence electrons. The van der Waals surface area contributed by atoms with Crippen LogP contribution in [0.3, 0.4) is 0 Å². The number of aromatic nitrogens is 2. The van der Waals surface area contributed by atoms with Gasteiger partial charge in [0.1, 0.15) is 22.3 Å². The van der Waals surface area contributed by atoms with Gasteiger partial charge in [-0.15, -0.1) is 11.3 Å². The van der Waals surface area contributed by atoms with Crippen LogP contribution in [0.5, 0.6) is 11.5 Å². The Morgan fingerprint density at radius 1 is 1.10 bits per heavy atom. The third kappa shape index (κ3) is 4.37. The van der Waals surface area contributed by atoms with E-state index >= 15 is 0 Å². The average molecular weight is 422 g/mol. The normalized spacial score (nSPS) is 14.4. The van der Waals surface area contributed by atoms with Crippen LogP contribution in [0.2, 0.25) is 0 Å². The summed E-state index contributed by atoms with van der Waals surface area (Å²) in [6.07, 6.45) is 1.70. The van der Waals surface area contributed by atoms with E-state index < -0.39 is 0 Å². The van der Waals surface area contributed by atoms with Crippen LogP contribution in [0.4, 0.5) is 5.82 Å². The molecule has 3 aromatic rings. The highest BCUT2D eigenvalue weighted by molar-refractivity contribution is 7.13. The molecule has 2 aromatic heterocycles. The van der Waals surface area contributed by atoms with Gasteiger partial charge in [0.2, 0.25) is 0 Å². The minimum Gasteiger partial charge on any atom is -0.497 e. The van der Waals surface area contributed by atoms with Crippen molar-refractivity contribution in [3.63, 3.8) is 0 Å². The van der Waals surface area contributed by atoms with Gasteiger partial charge in [-0.2, -0.15) is 5.26 Å². The molecule has 1 aliphatic rings. The van der Waals surface area contributed by atoms with Crippen LogP contribution in [0.25, 0.3) is 10.6 Å². The van der Waals surface area contributed by atoms with Crippen molar-refractivity contribution in [2.24, 2.45) is 0 Å². The van der Waals surface area contributed by atoms with E-state index in [1.807, 2.05) is 24.3 Å². The van der Waals surface area contributed by atoms with Crippen molar-refractivity contribution in [2.75, 3.05) is 45.3 Å². The Labute approximate surface area is 180 Å². The number of piperazine rings is 1. The first-order chi connectivity index (χ1) is 14.7. The standard InChI is InChI=1S/C22H23N5O2S/c1-28-18-3-4-19(20(12-18)29-2)22-25-17(15-30-22)14-26-7-9-27(10-8-26)21-11-16(13-23)5-6-24-21/h3-6,11-12,15H,7-10,14H2,1-2H3. The van der Waals surface area contributed by atoms with Crippen LogP contribution in [0.1, 0.15) is 11.3 Å². The molecule has 8 heteroatoms. The third-order valence-electron chi connectivity index (χ3n) is 5.15. The van der Waals surface area contributed by atoms with Gasteiger partial charge in [0.15, 0.2) is 0 Å². The molecule has 1 aromatic carbocycles. The third-order valence-corrected chi connectivity index (χ3v) is 6.07. The van der Waals surface area contributed by atoms with Crippen LogP contribution in [-0.2, 0) is 6.54 Å². The minimum atomic E-state index is 0.645. The van der Waals surface area contributed by atoms with Gasteiger partial charge in [-0.05, 0) is 24.3 Å². The van der Waals surface area contributed by atoms with Gasteiger partial charge < -0.3 is 14.4 Å². The van der Waals surface area contributed by atoms with Gasteiger partial charge in [0.05, 0.1) is 37.1 Å². The maximum Gasteiger partial charge on any atom is 0.132 e. The zero-order valence-electron chi connectivity index (χ0n) is 17.0. The van der Waals surface area contributed by atoms with Crippen LogP contribution in [0, 0.1) is 11.3 Å². The molecule has 4 rings (SSSR count). The second-order valence-electron chi connectivity index (χ2n) is 6.99. The highest BCUT2D eigenvalue weighted by Crippen LogP contribution is 2.35. The van der Waals surface area contributed by atoms with Gasteiger partial charge in [-0.1, -0.05) is 0 Å². The second kappa shape index (κ2) is 9.11. The zero-order valence-corrected chi connectivity index (χ0v) is 17.9. The first-order valence-corrected chi connectivity index (χ1v) is 10.6. The molecule has 0 N–H and O–H groups in total. The SMILES string of the molecule is COc1ccc(-c2nc(CN3CCN(c4cc(C#N)ccn4)CC3)cs2)c(OC)c1. The van der Waals surface area contributed by atoms with Crippen LogP contribution < -0.4 is 14.4 Å². The summed E-state index contributed by atoms with van der Waals surface area (Å²) in [5, 5.41) is 12.1. The molecule has 0 unspecified atom stereocenters. The number of methoxy groups -OCH3 is 2. The van der Waals surface area contributed by atoms with Crippen LogP contribution >= 0.6 is 11.3 Å². The molecule has 0 saturated carbocycles. The van der Waals surface area contributed by atoms with E-state index in [2.05, 4.69) is 26.2 Å². The number of hydrogen-bond donors (Lipinski definition) is 0. The topological polar surface area (TPSA) is 74.5 Å². The Morgan fingerprint density at radius 2 is 1.93 bits per heavy atom. The number of anilines is 1. The van der Waals surface area contributed by atoms with E-state index in [-0.39, 0.29) is 0 Å². The Hall–Kier alpha value is -3.15. The molecule has 7 nitrogen and oxygen atoms in total. The van der Waals surface area contributed by atoms with Crippen molar-refractivity contribution in [3.8, 4) is 28.1 Å². The molecule has 30 heavy (non-hydrogen) atoms. The van der Waals surface area contributed by atoms with Gasteiger partial charge in [0, 0.05) is 50.4 Å². The van der Waals surface area contributed by atoms with Crippen molar-refractivity contribution in [2.45, 2.75) is 6.54 Å². The lowest BCUT2D eigenvalue weighted by atomic mass is 10.2. The van der Waals surface area contributed by atoms with Gasteiger partial charge >= 0.3 is 0 Å². The van der Waals surface area contributed by atoms with Crippen molar-refractivity contribution >= 4 is 17.2 Å². The molecule has 0 spiro atoms. The molecule has 1 fully saturated rings. The maximum absolute atomic E-state index is 9.09. The van der Waals surface area contributed by atoms with E-state index in [9.17, 15) is 0 Å². The number of rotatable bonds is 6. The van der Waals surface area contributed by atoms with Crippen molar-refractivity contribution in [1.82, 2.24) is 14.9 Å². The summed E-state index contributed by atoms with van der Waals surface area (Å²) in [6, 6.07) is 11.6. The summed E-state index contributed by atoms with van der Waals surface area (Å²) < 4.78 is 10.8. The summed E-state index contributed by atoms with van der Waals surface area (Å²) >= 11 is 1.63. The van der Waals surface area contributed by atoms with Crippen molar-refractivity contribution in [3.05, 3.63) is 53.2 Å². The number of benzene rings is 1. The summed E-state index contributed by atoms with van der Waals surface area (Å²) in [4.78, 5) is 13.9. The molecule has 0 aliphatic carbocycles. The molecular weight excluding hydrogens is 398 g/mol. The molecule has 0 atom stereocenters. The number of pyridine rings is 1. The fourth-order valence-corrected chi connectivity index (χ4v) is 4.34. The highest BCUT2D eigenvalue weighted by atomic mass is 32.1. The summed E-state index contributed by atoms with van der Waals surface area (Å²) in [5.74, 6) is 2.40. The molecular formula is C22H23N5O2S. The Bertz CT molecular complexity index is 1050. The fraction of sp³-hybridized carbons (Fsp3) is 0.318. The number of thiazole rings is 1. The molecule has 0 amide bonds. The quantitative estimate of drug-likeness (QED) is 0.604. The van der Waals surface area contributed by atoms with Crippen molar-refractivity contribution < 1.29 is 9.47 Å². The number of nitriles is 1. The largest absolute Gasteiger partial charge is 0.497 e. The Morgan fingerprint density at radius 3 is 2.67 bits per heavy atom. The number of ether oxygens (including phenoxy) is 2.